The highest BCUT2D eigenvalue weighted by Crippen LogP contribution is 2.37. The van der Waals surface area contributed by atoms with E-state index in [4.69, 9.17) is 24.9 Å². The summed E-state index contributed by atoms with van der Waals surface area (Å²) in [7, 11) is -3.14. The molecule has 54 heavy (non-hydrogen) atoms. The predicted molar refractivity (Wildman–Crippen MR) is 221 cm³/mol. The molecule has 0 saturated heterocycles. The summed E-state index contributed by atoms with van der Waals surface area (Å²) in [5, 5.41) is 7.21. The van der Waals surface area contributed by atoms with Gasteiger partial charge in [-0.25, -0.2) is 19.9 Å². The normalized spacial score (nSPS) is 14.7. The maximum atomic E-state index is 5.33. The maximum Gasteiger partial charge on any atom is 0.259 e. The molecule has 3 aromatic heterocycles. The Balaban J connectivity index is 1.27. The largest absolute Gasteiger partial charge is 0.339 e. The van der Waals surface area contributed by atoms with E-state index in [1.54, 1.807) is 0 Å². The fourth-order valence-electron chi connectivity index (χ4n) is 8.31. The predicted octanol–water partition coefficient (Wildman–Crippen LogP) is 8.42. The van der Waals surface area contributed by atoms with Crippen molar-refractivity contribution in [1.82, 2.24) is 29.2 Å². The molecular formula is C47H30N6Si. The minimum atomic E-state index is -3.14. The zero-order valence-electron chi connectivity index (χ0n) is 29.0. The molecule has 0 bridgehead atoms. The summed E-state index contributed by atoms with van der Waals surface area (Å²) in [4.78, 5) is 25.8. The Kier molecular flexibility index (Phi) is 6.77. The van der Waals surface area contributed by atoms with Crippen LogP contribution in [-0.2, 0) is 0 Å². The van der Waals surface area contributed by atoms with Gasteiger partial charge in [-0.05, 0) is 50.6 Å². The van der Waals surface area contributed by atoms with Crippen LogP contribution < -0.4 is 15.6 Å². The number of hydrogen-bond donors (Lipinski definition) is 0. The summed E-state index contributed by atoms with van der Waals surface area (Å²) >= 11 is 0. The summed E-state index contributed by atoms with van der Waals surface area (Å²) in [6.45, 7) is 0. The Morgan fingerprint density at radius 3 is 1.85 bits per heavy atom. The molecule has 0 fully saturated rings. The van der Waals surface area contributed by atoms with Gasteiger partial charge in [0.05, 0.1) is 16.6 Å². The first kappa shape index (κ1) is 30.5. The highest BCUT2D eigenvalue weighted by molar-refractivity contribution is 7.12. The third-order valence-corrected chi connectivity index (χ3v) is 15.3. The molecule has 0 N–H and O–H groups in total. The van der Waals surface area contributed by atoms with Gasteiger partial charge in [-0.3, -0.25) is 4.98 Å². The van der Waals surface area contributed by atoms with Crippen molar-refractivity contribution < 1.29 is 0 Å². The lowest BCUT2D eigenvalue weighted by Crippen LogP contribution is -2.70. The van der Waals surface area contributed by atoms with E-state index in [1.807, 2.05) is 72.9 Å². The zero-order chi connectivity index (χ0) is 35.6. The van der Waals surface area contributed by atoms with Crippen molar-refractivity contribution in [1.29, 1.82) is 0 Å². The van der Waals surface area contributed by atoms with E-state index < -0.39 is 8.24 Å². The van der Waals surface area contributed by atoms with Gasteiger partial charge in [0.25, 0.3) is 8.24 Å². The molecule has 6 nitrogen and oxygen atoms in total. The smallest absolute Gasteiger partial charge is 0.259 e. The van der Waals surface area contributed by atoms with Crippen molar-refractivity contribution in [2.24, 2.45) is 0 Å². The highest BCUT2D eigenvalue weighted by Gasteiger charge is 2.51. The van der Waals surface area contributed by atoms with Crippen LogP contribution in [-0.4, -0.2) is 37.4 Å². The first-order valence-corrected chi connectivity index (χ1v) is 20.0. The van der Waals surface area contributed by atoms with E-state index in [-0.39, 0.29) is 0 Å². The number of hydrogen-bond acceptors (Lipinski definition) is 5. The van der Waals surface area contributed by atoms with Crippen LogP contribution in [0.4, 0.5) is 0 Å². The highest BCUT2D eigenvalue weighted by atomic mass is 28.3. The SMILES string of the molecule is c1ccc(-c2nc(-c3ccccc3)nc(-c3cc([Si]4(c5ccc6ccccc6c5)c5ccccc5-c5nc6ccccc6n54)cc4cccnc34)n2)cc1. The van der Waals surface area contributed by atoms with Gasteiger partial charge in [0.1, 0.15) is 5.82 Å². The summed E-state index contributed by atoms with van der Waals surface area (Å²) in [5.41, 5.74) is 6.83. The Labute approximate surface area is 312 Å². The van der Waals surface area contributed by atoms with Crippen LogP contribution in [0.2, 0.25) is 0 Å². The quantitative estimate of drug-likeness (QED) is 0.168. The lowest BCUT2D eigenvalue weighted by molar-refractivity contribution is 1.07. The van der Waals surface area contributed by atoms with E-state index in [9.17, 15) is 0 Å². The number of rotatable bonds is 5. The van der Waals surface area contributed by atoms with Crippen molar-refractivity contribution in [3.63, 3.8) is 0 Å². The number of pyridine rings is 1. The van der Waals surface area contributed by atoms with Crippen molar-refractivity contribution in [3.05, 3.63) is 182 Å². The molecule has 11 rings (SSSR count). The standard InChI is InChI=1S/C47H30N6Si/c1-3-15-32(16-4-1)44-50-45(33-17-5-2-6-18-33)52-46(51-44)39-30-37(29-35-20-13-27-48-43(35)39)54(36-26-25-31-14-7-8-19-34(31)28-36)42-24-12-9-21-38(42)47-49-40-22-10-11-23-41(40)53(47)54/h1-30H. The van der Waals surface area contributed by atoms with Crippen LogP contribution in [0.25, 0.3) is 78.3 Å². The molecule has 1 aliphatic heterocycles. The molecule has 10 aromatic rings. The van der Waals surface area contributed by atoms with E-state index in [2.05, 4.69) is 113 Å². The van der Waals surface area contributed by atoms with E-state index >= 15 is 0 Å². The average Bonchev–Trinajstić information content (AvgIpc) is 3.77. The fourth-order valence-corrected chi connectivity index (χ4v) is 13.4. The number of para-hydroxylation sites is 2. The Morgan fingerprint density at radius 1 is 0.426 bits per heavy atom. The van der Waals surface area contributed by atoms with Gasteiger partial charge in [0.15, 0.2) is 17.5 Å². The van der Waals surface area contributed by atoms with Gasteiger partial charge in [0.2, 0.25) is 0 Å². The molecule has 1 atom stereocenters. The molecule has 0 aliphatic carbocycles. The number of nitrogens with zero attached hydrogens (tertiary/aromatic N) is 6. The fraction of sp³-hybridized carbons (Fsp3) is 0. The Morgan fingerprint density at radius 2 is 1.06 bits per heavy atom. The summed E-state index contributed by atoms with van der Waals surface area (Å²) < 4.78 is 2.58. The van der Waals surface area contributed by atoms with Gasteiger partial charge in [-0.1, -0.05) is 152 Å². The number of benzene rings is 7. The van der Waals surface area contributed by atoms with E-state index in [1.165, 1.54) is 31.9 Å². The number of imidazole rings is 1. The lowest BCUT2D eigenvalue weighted by atomic mass is 10.1. The number of fused-ring (bicyclic) bond motifs is 7. The summed E-state index contributed by atoms with van der Waals surface area (Å²) in [6, 6.07) is 62.1. The van der Waals surface area contributed by atoms with Crippen molar-refractivity contribution in [3.8, 4) is 45.6 Å². The van der Waals surface area contributed by atoms with Crippen molar-refractivity contribution >= 4 is 56.5 Å². The summed E-state index contributed by atoms with van der Waals surface area (Å²) in [6.07, 6.45) is 1.85. The van der Waals surface area contributed by atoms with Gasteiger partial charge >= 0.3 is 0 Å². The molecule has 7 heteroatoms. The molecule has 0 amide bonds. The van der Waals surface area contributed by atoms with Gasteiger partial charge in [0, 0.05) is 33.8 Å². The molecule has 7 aromatic carbocycles. The van der Waals surface area contributed by atoms with Crippen LogP contribution in [0.1, 0.15) is 0 Å². The first-order valence-electron chi connectivity index (χ1n) is 18.1. The molecule has 1 aliphatic rings. The first-order chi connectivity index (χ1) is 26.8. The molecule has 252 valence electrons. The third kappa shape index (κ3) is 4.55. The van der Waals surface area contributed by atoms with Crippen LogP contribution >= 0.6 is 0 Å². The lowest BCUT2D eigenvalue weighted by Gasteiger charge is -2.33. The molecule has 4 heterocycles. The van der Waals surface area contributed by atoms with E-state index in [0.29, 0.717) is 17.5 Å². The van der Waals surface area contributed by atoms with Crippen molar-refractivity contribution in [2.45, 2.75) is 0 Å². The average molecular weight is 707 g/mol. The van der Waals surface area contributed by atoms with Gasteiger partial charge in [-0.2, -0.15) is 0 Å². The van der Waals surface area contributed by atoms with Crippen LogP contribution in [0.3, 0.4) is 0 Å². The van der Waals surface area contributed by atoms with Crippen LogP contribution in [0.5, 0.6) is 0 Å². The third-order valence-electron chi connectivity index (χ3n) is 10.7. The minimum Gasteiger partial charge on any atom is -0.339 e. The van der Waals surface area contributed by atoms with Gasteiger partial charge in [-0.15, -0.1) is 0 Å². The molecular weight excluding hydrogens is 677 g/mol. The second-order valence-electron chi connectivity index (χ2n) is 13.7. The zero-order valence-corrected chi connectivity index (χ0v) is 30.0. The monoisotopic (exact) mass is 706 g/mol. The van der Waals surface area contributed by atoms with Crippen molar-refractivity contribution in [2.75, 3.05) is 0 Å². The molecule has 0 spiro atoms. The molecule has 1 unspecified atom stereocenters. The summed E-state index contributed by atoms with van der Waals surface area (Å²) in [5.74, 6) is 2.81. The molecule has 0 saturated carbocycles. The number of aromatic nitrogens is 6. The minimum absolute atomic E-state index is 0.581. The Hall–Kier alpha value is -7.09. The topological polar surface area (TPSA) is 69.4 Å². The van der Waals surface area contributed by atoms with E-state index in [0.717, 1.165) is 44.5 Å². The molecule has 0 radical (unpaired) electrons. The maximum absolute atomic E-state index is 5.33. The van der Waals surface area contributed by atoms with Crippen LogP contribution in [0, 0.1) is 0 Å². The second-order valence-corrected chi connectivity index (χ2v) is 17.3. The van der Waals surface area contributed by atoms with Gasteiger partial charge < -0.3 is 4.23 Å². The Bertz CT molecular complexity index is 3010. The second kappa shape index (κ2) is 12.0. The van der Waals surface area contributed by atoms with Crippen LogP contribution in [0.15, 0.2) is 182 Å².